The van der Waals surface area contributed by atoms with Crippen molar-refractivity contribution in [3.63, 3.8) is 0 Å². The summed E-state index contributed by atoms with van der Waals surface area (Å²) in [4.78, 5) is 11.1. The summed E-state index contributed by atoms with van der Waals surface area (Å²) in [5, 5.41) is 9.07. The van der Waals surface area contributed by atoms with Crippen molar-refractivity contribution in [3.05, 3.63) is 64.7 Å². The Morgan fingerprint density at radius 2 is 2.00 bits per heavy atom. The summed E-state index contributed by atoms with van der Waals surface area (Å²) in [6.07, 6.45) is 0. The summed E-state index contributed by atoms with van der Waals surface area (Å²) in [6.45, 7) is 1.44. The molecule has 0 bridgehead atoms. The van der Waals surface area contributed by atoms with E-state index in [1.54, 1.807) is 19.1 Å². The molecule has 0 aromatic heterocycles. The van der Waals surface area contributed by atoms with E-state index in [9.17, 15) is 13.6 Å². The zero-order valence-electron chi connectivity index (χ0n) is 10.7. The van der Waals surface area contributed by atoms with Crippen molar-refractivity contribution in [2.75, 3.05) is 0 Å². The van der Waals surface area contributed by atoms with Gasteiger partial charge in [-0.1, -0.05) is 12.1 Å². The van der Waals surface area contributed by atoms with E-state index in [1.807, 2.05) is 0 Å². The fraction of sp³-hybridized carbons (Fsp3) is 0.133. The van der Waals surface area contributed by atoms with Crippen LogP contribution in [0.25, 0.3) is 0 Å². The molecule has 3 nitrogen and oxygen atoms in total. The first kappa shape index (κ1) is 14.0. The van der Waals surface area contributed by atoms with Gasteiger partial charge in [-0.15, -0.1) is 0 Å². The highest BCUT2D eigenvalue weighted by atomic mass is 19.1. The Bertz CT molecular complexity index is 654. The highest BCUT2D eigenvalue weighted by Crippen LogP contribution is 2.25. The Morgan fingerprint density at radius 1 is 1.25 bits per heavy atom. The quantitative estimate of drug-likeness (QED) is 0.930. The number of carboxylic acids is 1. The van der Waals surface area contributed by atoms with E-state index in [-0.39, 0.29) is 23.5 Å². The van der Waals surface area contributed by atoms with Crippen LogP contribution in [0.4, 0.5) is 8.78 Å². The Kier molecular flexibility index (Phi) is 3.98. The number of para-hydroxylation sites is 1. The molecule has 20 heavy (non-hydrogen) atoms. The van der Waals surface area contributed by atoms with Crippen LogP contribution in [-0.4, -0.2) is 11.1 Å². The molecule has 0 unspecified atom stereocenters. The van der Waals surface area contributed by atoms with E-state index in [2.05, 4.69) is 0 Å². The van der Waals surface area contributed by atoms with Crippen LogP contribution in [0.3, 0.4) is 0 Å². The Balaban J connectivity index is 2.27. The minimum absolute atomic E-state index is 0.0122. The Morgan fingerprint density at radius 3 is 2.70 bits per heavy atom. The van der Waals surface area contributed by atoms with Crippen LogP contribution in [0.15, 0.2) is 36.4 Å². The summed E-state index contributed by atoms with van der Waals surface area (Å²) in [6, 6.07) is 7.71. The van der Waals surface area contributed by atoms with Crippen LogP contribution < -0.4 is 4.74 Å². The summed E-state index contributed by atoms with van der Waals surface area (Å²) < 4.78 is 31.9. The zero-order valence-corrected chi connectivity index (χ0v) is 10.7. The summed E-state index contributed by atoms with van der Waals surface area (Å²) >= 11 is 0. The van der Waals surface area contributed by atoms with Crippen molar-refractivity contribution in [2.24, 2.45) is 0 Å². The second-order valence-corrected chi connectivity index (χ2v) is 4.28. The Labute approximate surface area is 114 Å². The zero-order chi connectivity index (χ0) is 14.7. The molecule has 0 radical (unpaired) electrons. The molecular formula is C15H12F2O3. The molecule has 2 rings (SSSR count). The van der Waals surface area contributed by atoms with E-state index in [1.165, 1.54) is 6.07 Å². The molecule has 0 saturated heterocycles. The van der Waals surface area contributed by atoms with Crippen LogP contribution in [0.5, 0.6) is 5.75 Å². The number of hydrogen-bond acceptors (Lipinski definition) is 2. The molecule has 0 fully saturated rings. The number of carboxylic acid groups (broad SMARTS) is 1. The van der Waals surface area contributed by atoms with E-state index < -0.39 is 17.6 Å². The summed E-state index contributed by atoms with van der Waals surface area (Å²) in [5.41, 5.74) is 0.633. The van der Waals surface area contributed by atoms with Crippen LogP contribution in [0.1, 0.15) is 21.5 Å². The van der Waals surface area contributed by atoms with Crippen molar-refractivity contribution in [1.29, 1.82) is 0 Å². The molecule has 2 aromatic rings. The molecule has 104 valence electrons. The van der Waals surface area contributed by atoms with Crippen molar-refractivity contribution in [2.45, 2.75) is 13.5 Å². The van der Waals surface area contributed by atoms with Crippen molar-refractivity contribution in [1.82, 2.24) is 0 Å². The number of aromatic carboxylic acids is 1. The van der Waals surface area contributed by atoms with Gasteiger partial charge in [0.25, 0.3) is 0 Å². The first-order chi connectivity index (χ1) is 9.49. The van der Waals surface area contributed by atoms with Crippen molar-refractivity contribution in [3.8, 4) is 5.75 Å². The maximum Gasteiger partial charge on any atom is 0.339 e. The normalized spacial score (nSPS) is 10.3. The van der Waals surface area contributed by atoms with Gasteiger partial charge in [0.2, 0.25) is 0 Å². The number of aryl methyl sites for hydroxylation is 1. The van der Waals surface area contributed by atoms with Crippen molar-refractivity contribution >= 4 is 5.97 Å². The Hall–Kier alpha value is -2.43. The van der Waals surface area contributed by atoms with Crippen molar-refractivity contribution < 1.29 is 23.4 Å². The maximum atomic E-state index is 13.5. The first-order valence-electron chi connectivity index (χ1n) is 5.88. The van der Waals surface area contributed by atoms with Crippen LogP contribution in [0.2, 0.25) is 0 Å². The number of ether oxygens (including phenoxy) is 1. The van der Waals surface area contributed by atoms with Gasteiger partial charge in [-0.2, -0.15) is 0 Å². The van der Waals surface area contributed by atoms with Gasteiger partial charge in [0.05, 0.1) is 0 Å². The van der Waals surface area contributed by atoms with Gasteiger partial charge >= 0.3 is 5.97 Å². The lowest BCUT2D eigenvalue weighted by Gasteiger charge is -2.12. The molecule has 0 atom stereocenters. The molecule has 0 aliphatic rings. The molecular weight excluding hydrogens is 266 g/mol. The molecule has 0 spiro atoms. The second kappa shape index (κ2) is 5.69. The highest BCUT2D eigenvalue weighted by molar-refractivity contribution is 5.91. The molecule has 0 aliphatic carbocycles. The van der Waals surface area contributed by atoms with Crippen LogP contribution in [-0.2, 0) is 6.61 Å². The summed E-state index contributed by atoms with van der Waals surface area (Å²) in [5.74, 6) is -2.16. The predicted molar refractivity (Wildman–Crippen MR) is 68.8 cm³/mol. The lowest BCUT2D eigenvalue weighted by molar-refractivity contribution is 0.0691. The van der Waals surface area contributed by atoms with Gasteiger partial charge in [-0.3, -0.25) is 0 Å². The van der Waals surface area contributed by atoms with E-state index in [4.69, 9.17) is 9.84 Å². The highest BCUT2D eigenvalue weighted by Gasteiger charge is 2.14. The summed E-state index contributed by atoms with van der Waals surface area (Å²) in [7, 11) is 0. The SMILES string of the molecule is Cc1cccc(C(=O)O)c1OCc1cc(F)ccc1F. The molecule has 5 heteroatoms. The third-order valence-electron chi connectivity index (χ3n) is 2.82. The first-order valence-corrected chi connectivity index (χ1v) is 5.88. The largest absolute Gasteiger partial charge is 0.488 e. The minimum atomic E-state index is -1.14. The molecule has 0 heterocycles. The predicted octanol–water partition coefficient (Wildman–Crippen LogP) is 3.55. The van der Waals surface area contributed by atoms with Gasteiger partial charge in [0, 0.05) is 5.56 Å². The number of benzene rings is 2. The van der Waals surface area contributed by atoms with Gasteiger partial charge in [0.15, 0.2) is 0 Å². The number of carbonyl (C=O) groups is 1. The average molecular weight is 278 g/mol. The average Bonchev–Trinajstić information content (AvgIpc) is 2.40. The second-order valence-electron chi connectivity index (χ2n) is 4.28. The smallest absolute Gasteiger partial charge is 0.339 e. The van der Waals surface area contributed by atoms with Gasteiger partial charge < -0.3 is 9.84 Å². The number of halogens is 2. The molecule has 0 amide bonds. The van der Waals surface area contributed by atoms with E-state index in [0.29, 0.717) is 5.56 Å². The standard InChI is InChI=1S/C15H12F2O3/c1-9-3-2-4-12(15(18)19)14(9)20-8-10-7-11(16)5-6-13(10)17/h2-7H,8H2,1H3,(H,18,19). The fourth-order valence-electron chi connectivity index (χ4n) is 1.82. The van der Waals surface area contributed by atoms with Gasteiger partial charge in [-0.05, 0) is 36.8 Å². The van der Waals surface area contributed by atoms with Crippen LogP contribution >= 0.6 is 0 Å². The number of hydrogen-bond donors (Lipinski definition) is 1. The minimum Gasteiger partial charge on any atom is -0.488 e. The molecule has 0 aliphatic heterocycles. The maximum absolute atomic E-state index is 13.5. The third kappa shape index (κ3) is 2.93. The molecule has 1 N–H and O–H groups in total. The van der Waals surface area contributed by atoms with Gasteiger partial charge in [0.1, 0.15) is 29.6 Å². The lowest BCUT2D eigenvalue weighted by Crippen LogP contribution is -2.06. The fourth-order valence-corrected chi connectivity index (χ4v) is 1.82. The number of rotatable bonds is 4. The van der Waals surface area contributed by atoms with E-state index in [0.717, 1.165) is 18.2 Å². The third-order valence-corrected chi connectivity index (χ3v) is 2.82. The van der Waals surface area contributed by atoms with Gasteiger partial charge in [-0.25, -0.2) is 13.6 Å². The molecule has 2 aromatic carbocycles. The lowest BCUT2D eigenvalue weighted by atomic mass is 10.1. The monoisotopic (exact) mass is 278 g/mol. The van der Waals surface area contributed by atoms with Crippen LogP contribution in [0, 0.1) is 18.6 Å². The molecule has 0 saturated carbocycles. The topological polar surface area (TPSA) is 46.5 Å². The van der Waals surface area contributed by atoms with E-state index >= 15 is 0 Å².